The second-order valence-electron chi connectivity index (χ2n) is 5.52. The minimum atomic E-state index is -0.591. The second kappa shape index (κ2) is 7.35. The number of ether oxygens (including phenoxy) is 3. The van der Waals surface area contributed by atoms with E-state index in [-0.39, 0.29) is 19.4 Å². The van der Waals surface area contributed by atoms with Crippen LogP contribution in [-0.4, -0.2) is 31.2 Å². The van der Waals surface area contributed by atoms with Crippen molar-refractivity contribution >= 4 is 0 Å². The van der Waals surface area contributed by atoms with Crippen LogP contribution in [0.2, 0.25) is 0 Å². The van der Waals surface area contributed by atoms with Crippen LogP contribution in [0.4, 0.5) is 0 Å². The van der Waals surface area contributed by atoms with Gasteiger partial charge in [-0.1, -0.05) is 30.3 Å². The molecule has 1 heterocycles. The van der Waals surface area contributed by atoms with Crippen LogP contribution < -0.4 is 19.5 Å². The molecule has 0 aliphatic carbocycles. The van der Waals surface area contributed by atoms with Crippen molar-refractivity contribution in [1.82, 2.24) is 5.32 Å². The van der Waals surface area contributed by atoms with Crippen molar-refractivity contribution in [3.63, 3.8) is 0 Å². The Kier molecular flexibility index (Phi) is 5.00. The van der Waals surface area contributed by atoms with Crippen molar-refractivity contribution in [3.8, 4) is 17.2 Å². The van der Waals surface area contributed by atoms with Crippen LogP contribution in [0, 0.1) is 0 Å². The fraction of sp³-hybridized carbons (Fsp3) is 0.333. The summed E-state index contributed by atoms with van der Waals surface area (Å²) in [5.41, 5.74) is 1.19. The summed E-state index contributed by atoms with van der Waals surface area (Å²) in [5, 5.41) is 13.4. The molecule has 1 aliphatic rings. The van der Waals surface area contributed by atoms with Crippen LogP contribution in [0.3, 0.4) is 0 Å². The van der Waals surface area contributed by atoms with E-state index in [1.165, 1.54) is 5.56 Å². The molecule has 2 N–H and O–H groups in total. The molecule has 2 aromatic rings. The van der Waals surface area contributed by atoms with Crippen molar-refractivity contribution in [2.75, 3.05) is 19.9 Å². The first-order valence-electron chi connectivity index (χ1n) is 7.71. The lowest BCUT2D eigenvalue weighted by Crippen LogP contribution is -2.33. The Labute approximate surface area is 135 Å². The maximum Gasteiger partial charge on any atom is 0.231 e. The molecule has 0 aromatic heterocycles. The molecule has 1 aliphatic heterocycles. The lowest BCUT2D eigenvalue weighted by atomic mass is 10.1. The highest BCUT2D eigenvalue weighted by Gasteiger charge is 2.14. The van der Waals surface area contributed by atoms with Gasteiger partial charge in [0, 0.05) is 18.7 Å². The maximum absolute atomic E-state index is 10.1. The first kappa shape index (κ1) is 15.6. The summed E-state index contributed by atoms with van der Waals surface area (Å²) >= 11 is 0. The molecule has 3 rings (SSSR count). The van der Waals surface area contributed by atoms with E-state index in [2.05, 4.69) is 24.4 Å². The Morgan fingerprint density at radius 3 is 2.74 bits per heavy atom. The minimum Gasteiger partial charge on any atom is -0.491 e. The molecule has 5 nitrogen and oxygen atoms in total. The van der Waals surface area contributed by atoms with Crippen molar-refractivity contribution in [2.24, 2.45) is 0 Å². The quantitative estimate of drug-likeness (QED) is 0.822. The number of hydrogen-bond acceptors (Lipinski definition) is 5. The van der Waals surface area contributed by atoms with Gasteiger partial charge < -0.3 is 24.6 Å². The van der Waals surface area contributed by atoms with Crippen LogP contribution in [0.5, 0.6) is 17.2 Å². The van der Waals surface area contributed by atoms with Gasteiger partial charge >= 0.3 is 0 Å². The Hall–Kier alpha value is -2.24. The summed E-state index contributed by atoms with van der Waals surface area (Å²) < 4.78 is 16.2. The van der Waals surface area contributed by atoms with Crippen LogP contribution in [-0.2, 0) is 0 Å². The van der Waals surface area contributed by atoms with Gasteiger partial charge in [0.05, 0.1) is 0 Å². The average Bonchev–Trinajstić information content (AvgIpc) is 3.06. The second-order valence-corrected chi connectivity index (χ2v) is 5.52. The Morgan fingerprint density at radius 1 is 1.13 bits per heavy atom. The molecule has 2 unspecified atom stereocenters. The van der Waals surface area contributed by atoms with Gasteiger partial charge in [0.25, 0.3) is 0 Å². The molecule has 0 spiro atoms. The molecule has 5 heteroatoms. The van der Waals surface area contributed by atoms with Crippen molar-refractivity contribution in [1.29, 1.82) is 0 Å². The van der Waals surface area contributed by atoms with Gasteiger partial charge in [0.15, 0.2) is 11.5 Å². The largest absolute Gasteiger partial charge is 0.491 e. The van der Waals surface area contributed by atoms with Crippen molar-refractivity contribution in [3.05, 3.63) is 54.1 Å². The predicted molar refractivity (Wildman–Crippen MR) is 86.9 cm³/mol. The number of hydrogen-bond donors (Lipinski definition) is 2. The van der Waals surface area contributed by atoms with E-state index in [4.69, 9.17) is 14.2 Å². The third kappa shape index (κ3) is 4.15. The first-order valence-corrected chi connectivity index (χ1v) is 7.71. The Bertz CT molecular complexity index is 632. The zero-order valence-corrected chi connectivity index (χ0v) is 13.1. The minimum absolute atomic E-state index is 0.177. The van der Waals surface area contributed by atoms with Crippen LogP contribution in [0.15, 0.2) is 48.5 Å². The summed E-state index contributed by atoms with van der Waals surface area (Å²) in [5.74, 6) is 2.05. The van der Waals surface area contributed by atoms with Gasteiger partial charge in [-0.3, -0.25) is 0 Å². The third-order valence-electron chi connectivity index (χ3n) is 3.75. The number of rotatable bonds is 7. The molecule has 0 amide bonds. The predicted octanol–water partition coefficient (Wildman–Crippen LogP) is 2.51. The smallest absolute Gasteiger partial charge is 0.231 e. The van der Waals surface area contributed by atoms with Gasteiger partial charge in [-0.05, 0) is 24.6 Å². The Morgan fingerprint density at radius 2 is 1.91 bits per heavy atom. The lowest BCUT2D eigenvalue weighted by molar-refractivity contribution is 0.104. The summed E-state index contributed by atoms with van der Waals surface area (Å²) in [6, 6.07) is 15.7. The van der Waals surface area contributed by atoms with Gasteiger partial charge in [0.2, 0.25) is 6.79 Å². The highest BCUT2D eigenvalue weighted by atomic mass is 16.7. The molecule has 2 atom stereocenters. The molecule has 0 bridgehead atoms. The summed E-state index contributed by atoms with van der Waals surface area (Å²) in [6.45, 7) is 2.98. The standard InChI is InChI=1S/C18H21NO4/c1-13(14-5-3-2-4-6-14)19-10-15(20)11-21-16-7-8-17-18(9-16)23-12-22-17/h2-9,13,15,19-20H,10-12H2,1H3. The molecule has 23 heavy (non-hydrogen) atoms. The van der Waals surface area contributed by atoms with Crippen LogP contribution in [0.1, 0.15) is 18.5 Å². The topological polar surface area (TPSA) is 60.0 Å². The van der Waals surface area contributed by atoms with E-state index in [0.29, 0.717) is 18.0 Å². The molecule has 2 aromatic carbocycles. The third-order valence-corrected chi connectivity index (χ3v) is 3.75. The monoisotopic (exact) mass is 315 g/mol. The van der Waals surface area contributed by atoms with Crippen LogP contribution >= 0.6 is 0 Å². The Balaban J connectivity index is 1.44. The van der Waals surface area contributed by atoms with Crippen molar-refractivity contribution in [2.45, 2.75) is 19.1 Å². The summed E-state index contributed by atoms with van der Waals surface area (Å²) in [6.07, 6.45) is -0.591. The van der Waals surface area contributed by atoms with Gasteiger partial charge in [-0.2, -0.15) is 0 Å². The van der Waals surface area contributed by atoms with E-state index in [1.807, 2.05) is 18.2 Å². The van der Waals surface area contributed by atoms with E-state index < -0.39 is 6.10 Å². The molecule has 0 saturated heterocycles. The number of nitrogens with one attached hydrogen (secondary N) is 1. The summed E-state index contributed by atoms with van der Waals surface area (Å²) in [7, 11) is 0. The van der Waals surface area contributed by atoms with Crippen LogP contribution in [0.25, 0.3) is 0 Å². The average molecular weight is 315 g/mol. The van der Waals surface area contributed by atoms with E-state index in [9.17, 15) is 5.11 Å². The molecule has 0 saturated carbocycles. The zero-order chi connectivity index (χ0) is 16.1. The maximum atomic E-state index is 10.1. The van der Waals surface area contributed by atoms with E-state index in [1.54, 1.807) is 18.2 Å². The lowest BCUT2D eigenvalue weighted by Gasteiger charge is -2.18. The van der Waals surface area contributed by atoms with Crippen molar-refractivity contribution < 1.29 is 19.3 Å². The van der Waals surface area contributed by atoms with E-state index >= 15 is 0 Å². The van der Waals surface area contributed by atoms with Gasteiger partial charge in [-0.15, -0.1) is 0 Å². The zero-order valence-electron chi connectivity index (χ0n) is 13.1. The number of fused-ring (bicyclic) bond motifs is 1. The number of benzene rings is 2. The van der Waals surface area contributed by atoms with E-state index in [0.717, 1.165) is 5.75 Å². The highest BCUT2D eigenvalue weighted by molar-refractivity contribution is 5.46. The normalized spacial score (nSPS) is 15.2. The fourth-order valence-corrected chi connectivity index (χ4v) is 2.39. The molecule has 122 valence electrons. The molecule has 0 fully saturated rings. The SMILES string of the molecule is CC(NCC(O)COc1ccc2c(c1)OCO2)c1ccccc1. The number of aliphatic hydroxyl groups excluding tert-OH is 1. The molecular formula is C18H21NO4. The molecule has 0 radical (unpaired) electrons. The first-order chi connectivity index (χ1) is 11.2. The summed E-state index contributed by atoms with van der Waals surface area (Å²) in [4.78, 5) is 0. The molecular weight excluding hydrogens is 294 g/mol. The fourth-order valence-electron chi connectivity index (χ4n) is 2.39. The number of aliphatic hydroxyl groups is 1. The highest BCUT2D eigenvalue weighted by Crippen LogP contribution is 2.35. The van der Waals surface area contributed by atoms with Gasteiger partial charge in [-0.25, -0.2) is 0 Å². The van der Waals surface area contributed by atoms with Gasteiger partial charge in [0.1, 0.15) is 18.5 Å².